The Hall–Kier alpha value is -2.61. The zero-order valence-electron chi connectivity index (χ0n) is 10.7. The van der Waals surface area contributed by atoms with Crippen LogP contribution in [0.4, 0.5) is 4.39 Å². The lowest BCUT2D eigenvalue weighted by Gasteiger charge is -2.07. The van der Waals surface area contributed by atoms with Crippen molar-refractivity contribution in [2.45, 2.75) is 0 Å². The van der Waals surface area contributed by atoms with Crippen molar-refractivity contribution < 1.29 is 9.13 Å². The summed E-state index contributed by atoms with van der Waals surface area (Å²) in [5, 5.41) is 0. The molecule has 0 aromatic heterocycles. The van der Waals surface area contributed by atoms with E-state index in [2.05, 4.69) is 6.07 Å². The van der Waals surface area contributed by atoms with Crippen LogP contribution >= 0.6 is 0 Å². The number of hydrogen-bond donors (Lipinski definition) is 0. The van der Waals surface area contributed by atoms with Crippen molar-refractivity contribution in [3.8, 4) is 22.6 Å². The van der Waals surface area contributed by atoms with Crippen molar-refractivity contribution in [2.24, 2.45) is 0 Å². The molecule has 3 aromatic carbocycles. The Morgan fingerprint density at radius 3 is 2.45 bits per heavy atom. The van der Waals surface area contributed by atoms with Gasteiger partial charge in [0.25, 0.3) is 0 Å². The van der Waals surface area contributed by atoms with E-state index in [9.17, 15) is 4.39 Å². The zero-order chi connectivity index (χ0) is 13.8. The number of rotatable bonds is 3. The van der Waals surface area contributed by atoms with E-state index < -0.39 is 0 Å². The minimum atomic E-state index is -0.259. The Morgan fingerprint density at radius 2 is 1.65 bits per heavy atom. The van der Waals surface area contributed by atoms with E-state index in [4.69, 9.17) is 4.74 Å². The number of hydrogen-bond acceptors (Lipinski definition) is 1. The molecule has 0 unspecified atom stereocenters. The van der Waals surface area contributed by atoms with E-state index in [0.29, 0.717) is 5.75 Å². The molecule has 0 saturated heterocycles. The van der Waals surface area contributed by atoms with Gasteiger partial charge in [0, 0.05) is 0 Å². The fraction of sp³-hybridized carbons (Fsp3) is 0. The SMILES string of the molecule is Fc1cccc(-c2[c]ccc(Oc3ccccc3)c2)c1. The molecule has 0 saturated carbocycles. The van der Waals surface area contributed by atoms with Gasteiger partial charge in [-0.2, -0.15) is 0 Å². The first-order valence-corrected chi connectivity index (χ1v) is 6.32. The lowest BCUT2D eigenvalue weighted by atomic mass is 10.1. The van der Waals surface area contributed by atoms with Gasteiger partial charge in [-0.15, -0.1) is 0 Å². The van der Waals surface area contributed by atoms with Gasteiger partial charge in [-0.3, -0.25) is 0 Å². The second-order valence-electron chi connectivity index (χ2n) is 4.36. The summed E-state index contributed by atoms with van der Waals surface area (Å²) >= 11 is 0. The van der Waals surface area contributed by atoms with Crippen LogP contribution in [-0.2, 0) is 0 Å². The normalized spacial score (nSPS) is 10.2. The van der Waals surface area contributed by atoms with Gasteiger partial charge < -0.3 is 4.74 Å². The van der Waals surface area contributed by atoms with Gasteiger partial charge in [0.05, 0.1) is 0 Å². The molecule has 0 aliphatic rings. The Balaban J connectivity index is 1.90. The maximum atomic E-state index is 13.3. The maximum Gasteiger partial charge on any atom is 0.128 e. The fourth-order valence-corrected chi connectivity index (χ4v) is 1.96. The van der Waals surface area contributed by atoms with Crippen molar-refractivity contribution in [3.63, 3.8) is 0 Å². The van der Waals surface area contributed by atoms with Crippen molar-refractivity contribution in [1.82, 2.24) is 0 Å². The predicted molar refractivity (Wildman–Crippen MR) is 77.2 cm³/mol. The summed E-state index contributed by atoms with van der Waals surface area (Å²) in [5.74, 6) is 1.21. The van der Waals surface area contributed by atoms with Crippen LogP contribution in [0.5, 0.6) is 11.5 Å². The van der Waals surface area contributed by atoms with Gasteiger partial charge in [0.2, 0.25) is 0 Å². The Morgan fingerprint density at radius 1 is 0.800 bits per heavy atom. The number of para-hydroxylation sites is 1. The Bertz CT molecular complexity index is 707. The Labute approximate surface area is 117 Å². The number of ether oxygens (including phenoxy) is 1. The van der Waals surface area contributed by atoms with E-state index in [1.54, 1.807) is 12.1 Å². The van der Waals surface area contributed by atoms with E-state index in [0.717, 1.165) is 16.9 Å². The van der Waals surface area contributed by atoms with Gasteiger partial charge in [-0.25, -0.2) is 4.39 Å². The maximum absolute atomic E-state index is 13.3. The molecule has 0 fully saturated rings. The molecule has 0 spiro atoms. The lowest BCUT2D eigenvalue weighted by Crippen LogP contribution is -1.85. The number of benzene rings is 3. The molecule has 0 heterocycles. The third-order valence-electron chi connectivity index (χ3n) is 2.89. The van der Waals surface area contributed by atoms with E-state index in [-0.39, 0.29) is 5.82 Å². The van der Waals surface area contributed by atoms with Gasteiger partial charge in [0.1, 0.15) is 17.3 Å². The molecule has 97 valence electrons. The second kappa shape index (κ2) is 5.57. The summed E-state index contributed by atoms with van der Waals surface area (Å²) in [6.07, 6.45) is 0. The molecule has 3 aromatic rings. The van der Waals surface area contributed by atoms with Crippen molar-refractivity contribution >= 4 is 0 Å². The summed E-state index contributed by atoms with van der Waals surface area (Å²) in [6.45, 7) is 0. The molecule has 0 bridgehead atoms. The Kier molecular flexibility index (Phi) is 3.46. The topological polar surface area (TPSA) is 9.23 Å². The predicted octanol–water partition coefficient (Wildman–Crippen LogP) is 5.09. The van der Waals surface area contributed by atoms with Gasteiger partial charge >= 0.3 is 0 Å². The quantitative estimate of drug-likeness (QED) is 0.640. The molecule has 0 amide bonds. The molecule has 2 heteroatoms. The largest absolute Gasteiger partial charge is 0.457 e. The van der Waals surface area contributed by atoms with Crippen LogP contribution in [0.2, 0.25) is 0 Å². The summed E-state index contributed by atoms with van der Waals surface area (Å²) < 4.78 is 19.0. The molecule has 0 aliphatic heterocycles. The van der Waals surface area contributed by atoms with Crippen LogP contribution in [0.15, 0.2) is 72.8 Å². The van der Waals surface area contributed by atoms with Crippen LogP contribution < -0.4 is 4.74 Å². The minimum Gasteiger partial charge on any atom is -0.457 e. The van der Waals surface area contributed by atoms with Crippen molar-refractivity contribution in [3.05, 3.63) is 84.7 Å². The fourth-order valence-electron chi connectivity index (χ4n) is 1.96. The molecule has 0 N–H and O–H groups in total. The first kappa shape index (κ1) is 12.4. The first-order valence-electron chi connectivity index (χ1n) is 6.32. The van der Waals surface area contributed by atoms with E-state index in [1.807, 2.05) is 48.5 Å². The van der Waals surface area contributed by atoms with Crippen LogP contribution in [0.1, 0.15) is 0 Å². The highest BCUT2D eigenvalue weighted by Gasteiger charge is 2.02. The molecule has 1 nitrogen and oxygen atoms in total. The molecule has 3 rings (SSSR count). The van der Waals surface area contributed by atoms with E-state index >= 15 is 0 Å². The summed E-state index contributed by atoms with van der Waals surface area (Å²) in [5.41, 5.74) is 1.58. The minimum absolute atomic E-state index is 0.259. The highest BCUT2D eigenvalue weighted by atomic mass is 19.1. The van der Waals surface area contributed by atoms with E-state index in [1.165, 1.54) is 12.1 Å². The average Bonchev–Trinajstić information content (AvgIpc) is 2.49. The highest BCUT2D eigenvalue weighted by molar-refractivity contribution is 5.64. The van der Waals surface area contributed by atoms with Crippen LogP contribution in [0.25, 0.3) is 11.1 Å². The zero-order valence-corrected chi connectivity index (χ0v) is 10.7. The van der Waals surface area contributed by atoms with Crippen molar-refractivity contribution in [2.75, 3.05) is 0 Å². The monoisotopic (exact) mass is 263 g/mol. The van der Waals surface area contributed by atoms with Gasteiger partial charge in [0.15, 0.2) is 0 Å². The lowest BCUT2D eigenvalue weighted by molar-refractivity contribution is 0.483. The van der Waals surface area contributed by atoms with Crippen LogP contribution in [0.3, 0.4) is 0 Å². The summed E-state index contributed by atoms with van der Waals surface area (Å²) in [4.78, 5) is 0. The summed E-state index contributed by atoms with van der Waals surface area (Å²) in [7, 11) is 0. The highest BCUT2D eigenvalue weighted by Crippen LogP contribution is 2.27. The smallest absolute Gasteiger partial charge is 0.128 e. The standard InChI is InChI=1S/C18H12FO/c19-16-8-4-6-14(12-16)15-7-5-11-18(13-15)20-17-9-2-1-3-10-17/h1-6,8-13H. The molecular formula is C18H12FO. The van der Waals surface area contributed by atoms with Gasteiger partial charge in [-0.05, 0) is 53.6 Å². The van der Waals surface area contributed by atoms with Crippen molar-refractivity contribution in [1.29, 1.82) is 0 Å². The molecular weight excluding hydrogens is 251 g/mol. The third-order valence-corrected chi connectivity index (χ3v) is 2.89. The second-order valence-corrected chi connectivity index (χ2v) is 4.36. The molecule has 1 radical (unpaired) electrons. The molecule has 20 heavy (non-hydrogen) atoms. The third kappa shape index (κ3) is 2.86. The first-order chi connectivity index (χ1) is 9.81. The summed E-state index contributed by atoms with van der Waals surface area (Å²) in [6, 6.07) is 24.5. The van der Waals surface area contributed by atoms with Crippen LogP contribution in [-0.4, -0.2) is 0 Å². The number of halogens is 1. The molecule has 0 aliphatic carbocycles. The average molecular weight is 263 g/mol. The molecule has 0 atom stereocenters. The van der Waals surface area contributed by atoms with Crippen LogP contribution in [0, 0.1) is 11.9 Å². The van der Waals surface area contributed by atoms with Gasteiger partial charge in [-0.1, -0.05) is 36.4 Å².